The van der Waals surface area contributed by atoms with Gasteiger partial charge in [0.2, 0.25) is 0 Å². The molecule has 2 bridgehead atoms. The number of nitrogens with zero attached hydrogens (tertiary/aromatic N) is 1. The van der Waals surface area contributed by atoms with E-state index >= 15 is 0 Å². The van der Waals surface area contributed by atoms with Gasteiger partial charge in [-0.1, -0.05) is 13.8 Å². The Hall–Kier alpha value is -0.570. The number of piperidine rings is 1. The molecule has 0 aliphatic carbocycles. The number of ether oxygens (including phenoxy) is 1. The monoisotopic (exact) mass is 225 g/mol. The predicted molar refractivity (Wildman–Crippen MR) is 63.1 cm³/mol. The van der Waals surface area contributed by atoms with Crippen LogP contribution in [0.1, 0.15) is 46.0 Å². The van der Waals surface area contributed by atoms with Crippen LogP contribution in [-0.4, -0.2) is 36.1 Å². The van der Waals surface area contributed by atoms with Gasteiger partial charge in [0.05, 0.1) is 5.92 Å². The van der Waals surface area contributed by atoms with E-state index in [9.17, 15) is 4.79 Å². The van der Waals surface area contributed by atoms with Crippen LogP contribution in [0.4, 0.5) is 0 Å². The van der Waals surface area contributed by atoms with Gasteiger partial charge in [-0.25, -0.2) is 0 Å². The molecule has 2 aliphatic rings. The minimum Gasteiger partial charge on any atom is -0.462 e. The van der Waals surface area contributed by atoms with Crippen LogP contribution in [0.2, 0.25) is 0 Å². The molecule has 0 saturated carbocycles. The van der Waals surface area contributed by atoms with E-state index in [-0.39, 0.29) is 18.0 Å². The van der Waals surface area contributed by atoms with Gasteiger partial charge in [-0.3, -0.25) is 4.79 Å². The third kappa shape index (κ3) is 2.24. The van der Waals surface area contributed by atoms with Crippen LogP contribution in [0.3, 0.4) is 0 Å². The van der Waals surface area contributed by atoms with E-state index in [0.717, 1.165) is 19.3 Å². The van der Waals surface area contributed by atoms with Crippen molar-refractivity contribution in [2.75, 3.05) is 7.05 Å². The van der Waals surface area contributed by atoms with E-state index in [1.54, 1.807) is 0 Å². The molecule has 0 amide bonds. The molecule has 0 spiro atoms. The van der Waals surface area contributed by atoms with E-state index in [4.69, 9.17) is 4.74 Å². The molecule has 0 N–H and O–H groups in total. The van der Waals surface area contributed by atoms with E-state index in [1.165, 1.54) is 12.8 Å². The summed E-state index contributed by atoms with van der Waals surface area (Å²) in [5, 5.41) is 0. The molecule has 3 heteroatoms. The fraction of sp³-hybridized carbons (Fsp3) is 0.923. The molecule has 2 fully saturated rings. The number of fused-ring (bicyclic) bond motifs is 2. The minimum atomic E-state index is -0.00328. The number of rotatable bonds is 3. The molecule has 0 aromatic carbocycles. The van der Waals surface area contributed by atoms with Crippen molar-refractivity contribution in [1.82, 2.24) is 4.90 Å². The summed E-state index contributed by atoms with van der Waals surface area (Å²) in [6, 6.07) is 1.29. The average molecular weight is 225 g/mol. The van der Waals surface area contributed by atoms with Gasteiger partial charge in [-0.15, -0.1) is 0 Å². The first kappa shape index (κ1) is 11.9. The Morgan fingerprint density at radius 3 is 2.44 bits per heavy atom. The highest BCUT2D eigenvalue weighted by Crippen LogP contribution is 2.35. The van der Waals surface area contributed by atoms with Crippen molar-refractivity contribution in [1.29, 1.82) is 0 Å². The maximum absolute atomic E-state index is 11.7. The first-order chi connectivity index (χ1) is 7.61. The van der Waals surface area contributed by atoms with Crippen molar-refractivity contribution in [3.05, 3.63) is 0 Å². The molecule has 2 aliphatic heterocycles. The highest BCUT2D eigenvalue weighted by Gasteiger charge is 2.40. The Kier molecular flexibility index (Phi) is 3.53. The van der Waals surface area contributed by atoms with Gasteiger partial charge in [0.15, 0.2) is 0 Å². The first-order valence-electron chi connectivity index (χ1n) is 6.54. The molecule has 2 unspecified atom stereocenters. The van der Waals surface area contributed by atoms with Crippen molar-refractivity contribution in [3.8, 4) is 0 Å². The summed E-state index contributed by atoms with van der Waals surface area (Å²) < 4.78 is 5.61. The maximum Gasteiger partial charge on any atom is 0.308 e. The summed E-state index contributed by atoms with van der Waals surface area (Å²) in [5.41, 5.74) is 0. The smallest absolute Gasteiger partial charge is 0.308 e. The van der Waals surface area contributed by atoms with Crippen molar-refractivity contribution in [3.63, 3.8) is 0 Å². The number of carbonyl (C=O) groups is 1. The zero-order valence-corrected chi connectivity index (χ0v) is 10.6. The first-order valence-corrected chi connectivity index (χ1v) is 6.54. The van der Waals surface area contributed by atoms with Crippen LogP contribution in [0.5, 0.6) is 0 Å². The van der Waals surface area contributed by atoms with Crippen LogP contribution in [-0.2, 0) is 9.53 Å². The molecule has 0 radical (unpaired) electrons. The topological polar surface area (TPSA) is 29.5 Å². The largest absolute Gasteiger partial charge is 0.462 e. The maximum atomic E-state index is 11.7. The molecule has 3 atom stereocenters. The lowest BCUT2D eigenvalue weighted by atomic mass is 10.00. The van der Waals surface area contributed by atoms with Gasteiger partial charge in [0.1, 0.15) is 6.10 Å². The van der Waals surface area contributed by atoms with Gasteiger partial charge in [-0.2, -0.15) is 0 Å². The van der Waals surface area contributed by atoms with Crippen LogP contribution in [0.25, 0.3) is 0 Å². The average Bonchev–Trinajstić information content (AvgIpc) is 2.52. The molecule has 0 aromatic rings. The Balaban J connectivity index is 1.87. The third-order valence-electron chi connectivity index (χ3n) is 4.35. The van der Waals surface area contributed by atoms with Crippen LogP contribution in [0, 0.1) is 5.92 Å². The number of esters is 1. The summed E-state index contributed by atoms with van der Waals surface area (Å²) >= 11 is 0. The lowest BCUT2D eigenvalue weighted by molar-refractivity contribution is -0.156. The molecule has 92 valence electrons. The summed E-state index contributed by atoms with van der Waals surface area (Å²) in [6.45, 7) is 3.98. The van der Waals surface area contributed by atoms with Crippen LogP contribution in [0.15, 0.2) is 0 Å². The van der Waals surface area contributed by atoms with Crippen LogP contribution < -0.4 is 0 Å². The second-order valence-corrected chi connectivity index (χ2v) is 5.39. The molecular weight excluding hydrogens is 202 g/mol. The van der Waals surface area contributed by atoms with Gasteiger partial charge in [0, 0.05) is 12.1 Å². The Bertz CT molecular complexity index is 253. The predicted octanol–water partition coefficient (Wildman–Crippen LogP) is 2.20. The molecule has 0 aromatic heterocycles. The zero-order chi connectivity index (χ0) is 11.7. The molecule has 2 rings (SSSR count). The van der Waals surface area contributed by atoms with E-state index in [1.807, 2.05) is 13.8 Å². The number of hydrogen-bond acceptors (Lipinski definition) is 3. The lowest BCUT2D eigenvalue weighted by Crippen LogP contribution is -2.43. The fourth-order valence-corrected chi connectivity index (χ4v) is 2.90. The third-order valence-corrected chi connectivity index (χ3v) is 4.35. The van der Waals surface area contributed by atoms with Crippen molar-refractivity contribution in [2.24, 2.45) is 5.92 Å². The van der Waals surface area contributed by atoms with E-state index < -0.39 is 0 Å². The highest BCUT2D eigenvalue weighted by molar-refractivity contribution is 5.72. The molecule has 2 saturated heterocycles. The second-order valence-electron chi connectivity index (χ2n) is 5.39. The van der Waals surface area contributed by atoms with Crippen molar-refractivity contribution < 1.29 is 9.53 Å². The van der Waals surface area contributed by atoms with Gasteiger partial charge < -0.3 is 9.64 Å². The summed E-state index contributed by atoms with van der Waals surface area (Å²) in [4.78, 5) is 14.2. The second kappa shape index (κ2) is 4.74. The fourth-order valence-electron chi connectivity index (χ4n) is 2.90. The summed E-state index contributed by atoms with van der Waals surface area (Å²) in [5.74, 6) is 0.0498. The molecular formula is C13H23NO2. The molecule has 16 heavy (non-hydrogen) atoms. The number of hydrogen-bond donors (Lipinski definition) is 0. The molecule has 3 nitrogen and oxygen atoms in total. The van der Waals surface area contributed by atoms with Crippen molar-refractivity contribution in [2.45, 2.75) is 64.1 Å². The van der Waals surface area contributed by atoms with E-state index in [2.05, 4.69) is 11.9 Å². The standard InChI is InChI=1S/C13H23NO2/c1-4-9(2)13(15)16-12-7-10-5-6-11(8-12)14(10)3/h9-12H,4-8H2,1-3H3/t9-,10?,11?,12?/m0/s1. The SMILES string of the molecule is CC[C@H](C)C(=O)OC1CC2CCC(C1)N2C. The Morgan fingerprint density at radius 2 is 1.94 bits per heavy atom. The quantitative estimate of drug-likeness (QED) is 0.690. The zero-order valence-electron chi connectivity index (χ0n) is 10.6. The van der Waals surface area contributed by atoms with Gasteiger partial charge in [-0.05, 0) is 39.2 Å². The van der Waals surface area contributed by atoms with Crippen LogP contribution >= 0.6 is 0 Å². The summed E-state index contributed by atoms with van der Waals surface area (Å²) in [6.07, 6.45) is 5.68. The minimum absolute atomic E-state index is 0.00328. The number of carbonyl (C=O) groups excluding carboxylic acids is 1. The molecule has 2 heterocycles. The summed E-state index contributed by atoms with van der Waals surface area (Å²) in [7, 11) is 2.20. The van der Waals surface area contributed by atoms with Gasteiger partial charge in [0.25, 0.3) is 0 Å². The van der Waals surface area contributed by atoms with E-state index in [0.29, 0.717) is 12.1 Å². The Labute approximate surface area is 98.1 Å². The Morgan fingerprint density at radius 1 is 1.38 bits per heavy atom. The normalized spacial score (nSPS) is 36.1. The van der Waals surface area contributed by atoms with Gasteiger partial charge >= 0.3 is 5.97 Å². The van der Waals surface area contributed by atoms with Crippen molar-refractivity contribution >= 4 is 5.97 Å². The highest BCUT2D eigenvalue weighted by atomic mass is 16.5. The lowest BCUT2D eigenvalue weighted by Gasteiger charge is -2.36.